The number of carbonyl (C=O) groups excluding carboxylic acids is 2. The van der Waals surface area contributed by atoms with Gasteiger partial charge in [0.15, 0.2) is 0 Å². The van der Waals surface area contributed by atoms with Crippen LogP contribution in [0.4, 0.5) is 0 Å². The second kappa shape index (κ2) is 6.00. The van der Waals surface area contributed by atoms with Crippen LogP contribution < -0.4 is 5.73 Å². The van der Waals surface area contributed by atoms with Gasteiger partial charge >= 0.3 is 5.97 Å². The summed E-state index contributed by atoms with van der Waals surface area (Å²) in [6.07, 6.45) is 2.04. The second-order valence-electron chi connectivity index (χ2n) is 5.10. The first-order chi connectivity index (χ1) is 7.95. The lowest BCUT2D eigenvalue weighted by molar-refractivity contribution is -0.148. The van der Waals surface area contributed by atoms with Crippen LogP contribution >= 0.6 is 0 Å². The largest absolute Gasteiger partial charge is 0.468 e. The maximum absolute atomic E-state index is 11.8. The lowest BCUT2D eigenvalue weighted by Gasteiger charge is -2.30. The number of nitrogens with zero attached hydrogens (tertiary/aromatic N) is 1. The van der Waals surface area contributed by atoms with Gasteiger partial charge in [-0.15, -0.1) is 0 Å². The van der Waals surface area contributed by atoms with E-state index in [1.54, 1.807) is 0 Å². The SMILES string of the molecule is COC(=O)C(C1CC1)N(CC(N)=O)CC(C)C. The zero-order valence-corrected chi connectivity index (χ0v) is 10.8. The highest BCUT2D eigenvalue weighted by molar-refractivity contribution is 5.79. The number of hydrogen-bond donors (Lipinski definition) is 1. The van der Waals surface area contributed by atoms with Crippen LogP contribution in [0.5, 0.6) is 0 Å². The number of rotatable bonds is 7. The van der Waals surface area contributed by atoms with Gasteiger partial charge < -0.3 is 10.5 Å². The number of hydrogen-bond acceptors (Lipinski definition) is 4. The molecule has 1 amide bonds. The molecular formula is C12H22N2O3. The van der Waals surface area contributed by atoms with Gasteiger partial charge in [0.25, 0.3) is 0 Å². The fraction of sp³-hybridized carbons (Fsp3) is 0.833. The maximum Gasteiger partial charge on any atom is 0.323 e. The summed E-state index contributed by atoms with van der Waals surface area (Å²) < 4.78 is 4.83. The molecule has 0 radical (unpaired) electrons. The maximum atomic E-state index is 11.8. The summed E-state index contributed by atoms with van der Waals surface area (Å²) in [5, 5.41) is 0. The molecule has 1 fully saturated rings. The molecule has 0 bridgehead atoms. The smallest absolute Gasteiger partial charge is 0.323 e. The molecule has 1 aliphatic rings. The number of amides is 1. The molecule has 1 unspecified atom stereocenters. The molecule has 5 heteroatoms. The van der Waals surface area contributed by atoms with Crippen LogP contribution in [-0.4, -0.2) is 43.0 Å². The highest BCUT2D eigenvalue weighted by atomic mass is 16.5. The summed E-state index contributed by atoms with van der Waals surface area (Å²) in [6, 6.07) is -0.310. The van der Waals surface area contributed by atoms with Gasteiger partial charge in [0, 0.05) is 6.54 Å². The van der Waals surface area contributed by atoms with Crippen LogP contribution in [0.15, 0.2) is 0 Å². The van der Waals surface area contributed by atoms with Gasteiger partial charge in [-0.05, 0) is 24.7 Å². The molecule has 0 aliphatic heterocycles. The van der Waals surface area contributed by atoms with Gasteiger partial charge in [-0.3, -0.25) is 14.5 Å². The van der Waals surface area contributed by atoms with E-state index in [4.69, 9.17) is 10.5 Å². The van der Waals surface area contributed by atoms with Crippen molar-refractivity contribution in [2.24, 2.45) is 17.6 Å². The molecule has 5 nitrogen and oxygen atoms in total. The Morgan fingerprint density at radius 2 is 2.00 bits per heavy atom. The van der Waals surface area contributed by atoms with Crippen molar-refractivity contribution in [3.63, 3.8) is 0 Å². The summed E-state index contributed by atoms with van der Waals surface area (Å²) in [4.78, 5) is 24.7. The highest BCUT2D eigenvalue weighted by Gasteiger charge is 2.41. The predicted molar refractivity (Wildman–Crippen MR) is 64.1 cm³/mol. The number of esters is 1. The van der Waals surface area contributed by atoms with E-state index < -0.39 is 5.91 Å². The fourth-order valence-electron chi connectivity index (χ4n) is 2.12. The van der Waals surface area contributed by atoms with Gasteiger partial charge in [-0.1, -0.05) is 13.8 Å². The van der Waals surface area contributed by atoms with Gasteiger partial charge in [0.1, 0.15) is 6.04 Å². The van der Waals surface area contributed by atoms with Crippen LogP contribution in [-0.2, 0) is 14.3 Å². The van der Waals surface area contributed by atoms with Crippen LogP contribution in [0.2, 0.25) is 0 Å². The quantitative estimate of drug-likeness (QED) is 0.655. The number of nitrogens with two attached hydrogens (primary N) is 1. The van der Waals surface area contributed by atoms with E-state index in [1.165, 1.54) is 7.11 Å². The molecule has 0 spiro atoms. The molecule has 0 heterocycles. The number of methoxy groups -OCH3 is 1. The number of ether oxygens (including phenoxy) is 1. The van der Waals surface area contributed by atoms with E-state index in [0.717, 1.165) is 12.8 Å². The van der Waals surface area contributed by atoms with Crippen LogP contribution in [0.1, 0.15) is 26.7 Å². The average molecular weight is 242 g/mol. The zero-order chi connectivity index (χ0) is 13.0. The number of primary amides is 1. The molecule has 0 aromatic rings. The molecule has 0 saturated heterocycles. The highest BCUT2D eigenvalue weighted by Crippen LogP contribution is 2.36. The normalized spacial score (nSPS) is 17.2. The molecule has 2 N–H and O–H groups in total. The Balaban J connectivity index is 2.75. The van der Waals surface area contributed by atoms with E-state index in [1.807, 2.05) is 4.90 Å². The Hall–Kier alpha value is -1.10. The van der Waals surface area contributed by atoms with Crippen LogP contribution in [0.25, 0.3) is 0 Å². The molecule has 0 aromatic carbocycles. The Labute approximate surface area is 102 Å². The van der Waals surface area contributed by atoms with Gasteiger partial charge in [-0.25, -0.2) is 0 Å². The summed E-state index contributed by atoms with van der Waals surface area (Å²) in [7, 11) is 1.38. The van der Waals surface area contributed by atoms with E-state index >= 15 is 0 Å². The van der Waals surface area contributed by atoms with Crippen LogP contribution in [0.3, 0.4) is 0 Å². The third kappa shape index (κ3) is 4.34. The Morgan fingerprint density at radius 3 is 2.35 bits per heavy atom. The summed E-state index contributed by atoms with van der Waals surface area (Å²) in [5.74, 6) is 0.0374. The third-order valence-electron chi connectivity index (χ3n) is 2.86. The molecule has 17 heavy (non-hydrogen) atoms. The van der Waals surface area contributed by atoms with Gasteiger partial charge in [0.2, 0.25) is 5.91 Å². The van der Waals surface area contributed by atoms with Crippen molar-refractivity contribution in [3.8, 4) is 0 Å². The first-order valence-corrected chi connectivity index (χ1v) is 6.05. The van der Waals surface area contributed by atoms with E-state index in [0.29, 0.717) is 18.4 Å². The Bertz CT molecular complexity index is 287. The minimum atomic E-state index is -0.403. The molecular weight excluding hydrogens is 220 g/mol. The monoisotopic (exact) mass is 242 g/mol. The van der Waals surface area contributed by atoms with Crippen LogP contribution in [0, 0.1) is 11.8 Å². The minimum absolute atomic E-state index is 0.119. The summed E-state index contributed by atoms with van der Waals surface area (Å²) in [5.41, 5.74) is 5.24. The Kier molecular flexibility index (Phi) is 4.93. The lowest BCUT2D eigenvalue weighted by atomic mass is 10.1. The van der Waals surface area contributed by atoms with Crippen molar-refractivity contribution in [1.29, 1.82) is 0 Å². The van der Waals surface area contributed by atoms with Crippen molar-refractivity contribution in [1.82, 2.24) is 4.90 Å². The zero-order valence-electron chi connectivity index (χ0n) is 10.8. The van der Waals surface area contributed by atoms with Crippen molar-refractivity contribution in [2.75, 3.05) is 20.2 Å². The van der Waals surface area contributed by atoms with Gasteiger partial charge in [0.05, 0.1) is 13.7 Å². The molecule has 1 aliphatic carbocycles. The van der Waals surface area contributed by atoms with E-state index in [-0.39, 0.29) is 18.6 Å². The average Bonchev–Trinajstić information content (AvgIpc) is 2.99. The topological polar surface area (TPSA) is 72.6 Å². The summed E-state index contributed by atoms with van der Waals surface area (Å²) in [6.45, 7) is 4.90. The van der Waals surface area contributed by atoms with Crippen molar-refractivity contribution >= 4 is 11.9 Å². The molecule has 98 valence electrons. The van der Waals surface area contributed by atoms with E-state index in [9.17, 15) is 9.59 Å². The summed E-state index contributed by atoms with van der Waals surface area (Å²) >= 11 is 0. The lowest BCUT2D eigenvalue weighted by Crippen LogP contribution is -2.48. The Morgan fingerprint density at radius 1 is 1.41 bits per heavy atom. The molecule has 1 atom stereocenters. The molecule has 1 rings (SSSR count). The fourth-order valence-corrected chi connectivity index (χ4v) is 2.12. The molecule has 1 saturated carbocycles. The second-order valence-corrected chi connectivity index (χ2v) is 5.10. The minimum Gasteiger partial charge on any atom is -0.468 e. The number of carbonyl (C=O) groups is 2. The van der Waals surface area contributed by atoms with Crippen molar-refractivity contribution in [3.05, 3.63) is 0 Å². The first-order valence-electron chi connectivity index (χ1n) is 6.05. The van der Waals surface area contributed by atoms with Crippen molar-refractivity contribution in [2.45, 2.75) is 32.7 Å². The van der Waals surface area contributed by atoms with E-state index in [2.05, 4.69) is 13.8 Å². The third-order valence-corrected chi connectivity index (χ3v) is 2.86. The molecule has 0 aromatic heterocycles. The first kappa shape index (κ1) is 14.0. The van der Waals surface area contributed by atoms with Crippen molar-refractivity contribution < 1.29 is 14.3 Å². The standard InChI is InChI=1S/C12H22N2O3/c1-8(2)6-14(7-10(13)15)11(9-4-5-9)12(16)17-3/h8-9,11H,4-7H2,1-3H3,(H2,13,15). The van der Waals surface area contributed by atoms with Gasteiger partial charge in [-0.2, -0.15) is 0 Å². The predicted octanol–water partition coefficient (Wildman–Crippen LogP) is 0.381.